The predicted octanol–water partition coefficient (Wildman–Crippen LogP) is 6.25. The zero-order valence-electron chi connectivity index (χ0n) is 22.0. The van der Waals surface area contributed by atoms with Crippen molar-refractivity contribution in [3.8, 4) is 5.75 Å². The molecule has 42 heavy (non-hydrogen) atoms. The summed E-state index contributed by atoms with van der Waals surface area (Å²) in [6.07, 6.45) is 2.58. The Hall–Kier alpha value is -3.53. The van der Waals surface area contributed by atoms with Crippen molar-refractivity contribution >= 4 is 68.6 Å². The van der Waals surface area contributed by atoms with Crippen LogP contribution in [0.4, 0.5) is 0 Å². The van der Waals surface area contributed by atoms with Crippen LogP contribution >= 0.6 is 39.1 Å². The van der Waals surface area contributed by atoms with Crippen LogP contribution in [0.5, 0.6) is 5.75 Å². The summed E-state index contributed by atoms with van der Waals surface area (Å²) in [4.78, 5) is 66.8. The van der Waals surface area contributed by atoms with Gasteiger partial charge in [0, 0.05) is 15.6 Å². The maximum absolute atomic E-state index is 13.7. The van der Waals surface area contributed by atoms with E-state index in [1.807, 2.05) is 0 Å². The Kier molecular flexibility index (Phi) is 7.68. The zero-order chi connectivity index (χ0) is 29.7. The fourth-order valence-corrected chi connectivity index (χ4v) is 6.89. The number of carbonyl (C=O) groups is 5. The van der Waals surface area contributed by atoms with Crippen molar-refractivity contribution in [1.82, 2.24) is 10.0 Å². The highest BCUT2D eigenvalue weighted by Gasteiger charge is 2.62. The number of amides is 3. The van der Waals surface area contributed by atoms with Gasteiger partial charge in [0.25, 0.3) is 17.7 Å². The second-order valence-corrected chi connectivity index (χ2v) is 12.4. The first-order chi connectivity index (χ1) is 20.1. The molecule has 0 aromatic heterocycles. The van der Waals surface area contributed by atoms with Crippen LogP contribution in [0.25, 0.3) is 0 Å². The molecule has 6 rings (SSSR count). The van der Waals surface area contributed by atoms with Crippen LogP contribution < -0.4 is 4.74 Å². The Bertz CT molecular complexity index is 1600. The summed E-state index contributed by atoms with van der Waals surface area (Å²) in [6, 6.07) is 16.7. The molecule has 2 aliphatic carbocycles. The molecule has 0 radical (unpaired) electrons. The number of ether oxygens (including phenoxy) is 1. The third-order valence-electron chi connectivity index (χ3n) is 8.31. The minimum atomic E-state index is -0.726. The topological polar surface area (TPSA) is 101 Å². The minimum Gasteiger partial charge on any atom is -0.423 e. The van der Waals surface area contributed by atoms with E-state index in [2.05, 4.69) is 15.9 Å². The van der Waals surface area contributed by atoms with E-state index < -0.39 is 47.9 Å². The molecule has 214 valence electrons. The number of hydrazine groups is 1. The molecule has 3 aliphatic rings. The summed E-state index contributed by atoms with van der Waals surface area (Å²) in [5.41, 5.74) is 0.630. The smallest absolute Gasteiger partial charge is 0.343 e. The van der Waals surface area contributed by atoms with Gasteiger partial charge in [-0.15, -0.1) is 0 Å². The van der Waals surface area contributed by atoms with Gasteiger partial charge in [0.2, 0.25) is 0 Å². The summed E-state index contributed by atoms with van der Waals surface area (Å²) in [5, 5.41) is 2.15. The molecule has 2 bridgehead atoms. The minimum absolute atomic E-state index is 0.0769. The Labute approximate surface area is 259 Å². The third kappa shape index (κ3) is 5.14. The van der Waals surface area contributed by atoms with E-state index in [1.54, 1.807) is 24.3 Å². The number of hydrogen-bond acceptors (Lipinski definition) is 6. The number of nitrogens with zero attached hydrogens (tertiary/aromatic N) is 2. The zero-order valence-corrected chi connectivity index (χ0v) is 25.1. The van der Waals surface area contributed by atoms with Gasteiger partial charge in [0.1, 0.15) is 12.3 Å². The molecular formula is C31H23BrCl2N2O6. The van der Waals surface area contributed by atoms with Crippen LogP contribution in [0.15, 0.2) is 71.2 Å². The maximum atomic E-state index is 13.7. The Morgan fingerprint density at radius 2 is 1.38 bits per heavy atom. The van der Waals surface area contributed by atoms with Crippen LogP contribution in [0.1, 0.15) is 50.3 Å². The first kappa shape index (κ1) is 28.6. The molecule has 8 nitrogen and oxygen atoms in total. The van der Waals surface area contributed by atoms with Crippen molar-refractivity contribution in [3.63, 3.8) is 0 Å². The summed E-state index contributed by atoms with van der Waals surface area (Å²) in [5.74, 6) is -3.24. The summed E-state index contributed by atoms with van der Waals surface area (Å²) >= 11 is 15.5. The lowest BCUT2D eigenvalue weighted by atomic mass is 9.81. The molecule has 1 aliphatic heterocycles. The van der Waals surface area contributed by atoms with Gasteiger partial charge >= 0.3 is 5.97 Å². The van der Waals surface area contributed by atoms with E-state index in [-0.39, 0.29) is 38.8 Å². The lowest BCUT2D eigenvalue weighted by molar-refractivity contribution is -0.155. The first-order valence-electron chi connectivity index (χ1n) is 13.4. The van der Waals surface area contributed by atoms with Crippen LogP contribution in [0.2, 0.25) is 10.0 Å². The summed E-state index contributed by atoms with van der Waals surface area (Å²) in [7, 11) is 0. The van der Waals surface area contributed by atoms with Gasteiger partial charge in [0.05, 0.1) is 27.4 Å². The Balaban J connectivity index is 1.24. The average Bonchev–Trinajstić information content (AvgIpc) is 3.67. The molecule has 4 atom stereocenters. The van der Waals surface area contributed by atoms with Crippen molar-refractivity contribution in [2.75, 3.05) is 6.54 Å². The number of benzene rings is 3. The van der Waals surface area contributed by atoms with Crippen molar-refractivity contribution in [1.29, 1.82) is 0 Å². The molecule has 3 fully saturated rings. The van der Waals surface area contributed by atoms with E-state index in [1.165, 1.54) is 42.5 Å². The normalized spacial score (nSPS) is 22.3. The van der Waals surface area contributed by atoms with E-state index in [4.69, 9.17) is 27.9 Å². The second-order valence-electron chi connectivity index (χ2n) is 10.7. The number of imide groups is 1. The highest BCUT2D eigenvalue weighted by Crippen LogP contribution is 2.56. The maximum Gasteiger partial charge on any atom is 0.343 e. The monoisotopic (exact) mass is 668 g/mol. The number of Topliss-reactive ketones (excluding diaryl/α,β-unsaturated/α-hetero) is 1. The molecular weight excluding hydrogens is 647 g/mol. The fourth-order valence-electron chi connectivity index (χ4n) is 6.33. The summed E-state index contributed by atoms with van der Waals surface area (Å²) < 4.78 is 6.22. The van der Waals surface area contributed by atoms with Crippen molar-refractivity contribution in [2.45, 2.75) is 19.3 Å². The number of esters is 1. The van der Waals surface area contributed by atoms with Gasteiger partial charge in [-0.25, -0.2) is 9.80 Å². The van der Waals surface area contributed by atoms with Crippen LogP contribution in [-0.4, -0.2) is 46.0 Å². The van der Waals surface area contributed by atoms with E-state index in [9.17, 15) is 24.0 Å². The molecule has 3 amide bonds. The van der Waals surface area contributed by atoms with Gasteiger partial charge in [0.15, 0.2) is 5.78 Å². The highest BCUT2D eigenvalue weighted by atomic mass is 79.9. The Morgan fingerprint density at radius 1 is 0.810 bits per heavy atom. The molecule has 11 heteroatoms. The van der Waals surface area contributed by atoms with Crippen LogP contribution in [-0.2, 0) is 9.59 Å². The number of halogens is 3. The third-order valence-corrected chi connectivity index (χ3v) is 9.57. The van der Waals surface area contributed by atoms with Gasteiger partial charge in [-0.1, -0.05) is 39.1 Å². The number of fused-ring (bicyclic) bond motifs is 5. The van der Waals surface area contributed by atoms with E-state index in [0.717, 1.165) is 33.8 Å². The Morgan fingerprint density at radius 3 is 1.98 bits per heavy atom. The molecule has 1 saturated heterocycles. The lowest BCUT2D eigenvalue weighted by Crippen LogP contribution is -2.52. The van der Waals surface area contributed by atoms with Crippen LogP contribution in [0, 0.1) is 23.7 Å². The second kappa shape index (κ2) is 11.3. The van der Waals surface area contributed by atoms with E-state index in [0.29, 0.717) is 5.56 Å². The van der Waals surface area contributed by atoms with Gasteiger partial charge in [-0.05, 0) is 97.8 Å². The van der Waals surface area contributed by atoms with Crippen molar-refractivity contribution < 1.29 is 28.7 Å². The van der Waals surface area contributed by atoms with Gasteiger partial charge in [-0.3, -0.25) is 19.2 Å². The van der Waals surface area contributed by atoms with Crippen LogP contribution in [0.3, 0.4) is 0 Å². The molecule has 0 spiro atoms. The van der Waals surface area contributed by atoms with Crippen molar-refractivity contribution in [3.05, 3.63) is 97.9 Å². The van der Waals surface area contributed by atoms with E-state index >= 15 is 0 Å². The van der Waals surface area contributed by atoms with Crippen molar-refractivity contribution in [2.24, 2.45) is 23.7 Å². The average molecular weight is 670 g/mol. The molecule has 1 heterocycles. The SMILES string of the molecule is O=C(CN(C(=O)c1ccc(Cl)c(Cl)c1)N1C(=O)[C@H]2[C@H]3CC[C@@H](C3)[C@@H]2C1=O)c1ccc(OC(=O)c2ccc(Br)cc2)cc1. The molecule has 0 N–H and O–H groups in total. The number of ketones is 1. The highest BCUT2D eigenvalue weighted by molar-refractivity contribution is 9.10. The van der Waals surface area contributed by atoms with Gasteiger partial charge in [-0.2, -0.15) is 5.01 Å². The number of rotatable bonds is 7. The largest absolute Gasteiger partial charge is 0.423 e. The molecule has 0 unspecified atom stereocenters. The molecule has 3 aromatic rings. The molecule has 2 saturated carbocycles. The first-order valence-corrected chi connectivity index (χ1v) is 14.9. The quantitative estimate of drug-likeness (QED) is 0.128. The molecule has 3 aromatic carbocycles. The fraction of sp³-hybridized carbons (Fsp3) is 0.258. The standard InChI is InChI=1S/C31H23BrCl2N2O6/c32-21-8-3-17(4-9-21)31(41)42-22-10-5-16(6-11-22)25(37)15-35(28(38)20-7-12-23(33)24(34)14-20)36-29(39)26-18-1-2-19(13-18)27(26)30(36)40/h3-12,14,18-19,26-27H,1-2,13,15H2/t18-,19-,26-,27-/m0/s1. The predicted molar refractivity (Wildman–Crippen MR) is 157 cm³/mol. The lowest BCUT2D eigenvalue weighted by Gasteiger charge is -2.31. The number of hydrogen-bond donors (Lipinski definition) is 0. The summed E-state index contributed by atoms with van der Waals surface area (Å²) in [6.45, 7) is -0.566. The number of carbonyl (C=O) groups excluding carboxylic acids is 5. The van der Waals surface area contributed by atoms with Gasteiger partial charge < -0.3 is 4.74 Å².